The number of aromatic nitrogens is 2. The molecule has 0 radical (unpaired) electrons. The third kappa shape index (κ3) is 4.03. The van der Waals surface area contributed by atoms with Crippen molar-refractivity contribution in [3.63, 3.8) is 0 Å². The first-order valence-corrected chi connectivity index (χ1v) is 6.43. The Balaban J connectivity index is 2.06. The van der Waals surface area contributed by atoms with Crippen molar-refractivity contribution in [1.29, 1.82) is 0 Å². The van der Waals surface area contributed by atoms with Crippen LogP contribution in [0.15, 0.2) is 36.7 Å². The monoisotopic (exact) mass is 257 g/mol. The van der Waals surface area contributed by atoms with E-state index in [9.17, 15) is 0 Å². The zero-order chi connectivity index (χ0) is 13.7. The number of aryl methyl sites for hydroxylation is 1. The minimum Gasteiger partial charge on any atom is -0.437 e. The molecule has 0 amide bonds. The average Bonchev–Trinajstić information content (AvgIpc) is 2.39. The van der Waals surface area contributed by atoms with Gasteiger partial charge in [0.05, 0.1) is 6.20 Å². The summed E-state index contributed by atoms with van der Waals surface area (Å²) in [6.07, 6.45) is 3.39. The quantitative estimate of drug-likeness (QED) is 0.894. The van der Waals surface area contributed by atoms with Gasteiger partial charge in [-0.25, -0.2) is 4.98 Å². The summed E-state index contributed by atoms with van der Waals surface area (Å²) in [6, 6.07) is 8.09. The fourth-order valence-corrected chi connectivity index (χ4v) is 1.65. The van der Waals surface area contributed by atoms with E-state index in [1.165, 1.54) is 5.56 Å². The fourth-order valence-electron chi connectivity index (χ4n) is 1.65. The van der Waals surface area contributed by atoms with Crippen LogP contribution in [0.25, 0.3) is 0 Å². The van der Waals surface area contributed by atoms with Crippen LogP contribution >= 0.6 is 0 Å². The SMILES string of the molecule is Cc1nc(Oc2cccnc2)ccc1CNC(C)C. The molecule has 4 nitrogen and oxygen atoms in total. The first-order chi connectivity index (χ1) is 9.15. The Morgan fingerprint density at radius 1 is 1.26 bits per heavy atom. The number of ether oxygens (including phenoxy) is 1. The van der Waals surface area contributed by atoms with Gasteiger partial charge in [-0.3, -0.25) is 4.98 Å². The molecule has 0 aromatic carbocycles. The maximum atomic E-state index is 5.65. The molecule has 4 heteroatoms. The van der Waals surface area contributed by atoms with Gasteiger partial charge in [0.25, 0.3) is 0 Å². The van der Waals surface area contributed by atoms with Crippen molar-refractivity contribution in [2.24, 2.45) is 0 Å². The van der Waals surface area contributed by atoms with Crippen molar-refractivity contribution < 1.29 is 4.74 Å². The molecular weight excluding hydrogens is 238 g/mol. The van der Waals surface area contributed by atoms with Crippen LogP contribution in [0.3, 0.4) is 0 Å². The highest BCUT2D eigenvalue weighted by atomic mass is 16.5. The van der Waals surface area contributed by atoms with E-state index in [4.69, 9.17) is 4.74 Å². The third-order valence-electron chi connectivity index (χ3n) is 2.73. The number of pyridine rings is 2. The van der Waals surface area contributed by atoms with Gasteiger partial charge in [-0.2, -0.15) is 0 Å². The number of nitrogens with zero attached hydrogens (tertiary/aromatic N) is 2. The summed E-state index contributed by atoms with van der Waals surface area (Å²) in [5.41, 5.74) is 2.17. The Bertz CT molecular complexity index is 526. The predicted molar refractivity (Wildman–Crippen MR) is 75.3 cm³/mol. The molecule has 0 saturated carbocycles. The molecule has 2 rings (SSSR count). The first-order valence-electron chi connectivity index (χ1n) is 6.43. The zero-order valence-electron chi connectivity index (χ0n) is 11.6. The van der Waals surface area contributed by atoms with Gasteiger partial charge in [0, 0.05) is 30.5 Å². The highest BCUT2D eigenvalue weighted by Gasteiger charge is 2.04. The van der Waals surface area contributed by atoms with Crippen molar-refractivity contribution in [2.45, 2.75) is 33.4 Å². The normalized spacial score (nSPS) is 10.7. The fraction of sp³-hybridized carbons (Fsp3) is 0.333. The highest BCUT2D eigenvalue weighted by Crippen LogP contribution is 2.19. The molecule has 0 aliphatic carbocycles. The highest BCUT2D eigenvalue weighted by molar-refractivity contribution is 5.28. The first kappa shape index (κ1) is 13.5. The summed E-state index contributed by atoms with van der Waals surface area (Å²) in [5, 5.41) is 3.38. The van der Waals surface area contributed by atoms with Crippen molar-refractivity contribution in [3.8, 4) is 11.6 Å². The molecule has 19 heavy (non-hydrogen) atoms. The molecule has 0 fully saturated rings. The van der Waals surface area contributed by atoms with E-state index in [0.717, 1.165) is 12.2 Å². The minimum absolute atomic E-state index is 0.464. The lowest BCUT2D eigenvalue weighted by molar-refractivity contribution is 0.458. The molecule has 0 saturated heterocycles. The van der Waals surface area contributed by atoms with E-state index in [0.29, 0.717) is 17.7 Å². The lowest BCUT2D eigenvalue weighted by Crippen LogP contribution is -2.22. The lowest BCUT2D eigenvalue weighted by atomic mass is 10.2. The van der Waals surface area contributed by atoms with Crippen LogP contribution in [0.4, 0.5) is 0 Å². The van der Waals surface area contributed by atoms with Crippen LogP contribution in [0, 0.1) is 6.92 Å². The number of nitrogens with one attached hydrogen (secondary N) is 1. The van der Waals surface area contributed by atoms with Crippen LogP contribution in [0.5, 0.6) is 11.6 Å². The zero-order valence-corrected chi connectivity index (χ0v) is 11.6. The summed E-state index contributed by atoms with van der Waals surface area (Å²) < 4.78 is 5.65. The molecular formula is C15H19N3O. The van der Waals surface area contributed by atoms with E-state index >= 15 is 0 Å². The Labute approximate surface area is 113 Å². The lowest BCUT2D eigenvalue weighted by Gasteiger charge is -2.11. The van der Waals surface area contributed by atoms with Gasteiger partial charge in [0.1, 0.15) is 5.75 Å². The smallest absolute Gasteiger partial charge is 0.219 e. The van der Waals surface area contributed by atoms with E-state index < -0.39 is 0 Å². The summed E-state index contributed by atoms with van der Waals surface area (Å²) in [4.78, 5) is 8.46. The Morgan fingerprint density at radius 3 is 2.74 bits per heavy atom. The Hall–Kier alpha value is -1.94. The van der Waals surface area contributed by atoms with Crippen LogP contribution in [0.2, 0.25) is 0 Å². The molecule has 2 aromatic heterocycles. The van der Waals surface area contributed by atoms with Crippen LogP contribution in [-0.4, -0.2) is 16.0 Å². The van der Waals surface area contributed by atoms with Gasteiger partial charge in [-0.05, 0) is 24.6 Å². The van der Waals surface area contributed by atoms with Crippen molar-refractivity contribution in [2.75, 3.05) is 0 Å². The van der Waals surface area contributed by atoms with Crippen molar-refractivity contribution in [3.05, 3.63) is 47.9 Å². The molecule has 0 aliphatic rings. The second-order valence-electron chi connectivity index (χ2n) is 4.72. The van der Waals surface area contributed by atoms with Crippen LogP contribution in [0.1, 0.15) is 25.1 Å². The van der Waals surface area contributed by atoms with Crippen molar-refractivity contribution >= 4 is 0 Å². The average molecular weight is 257 g/mol. The molecule has 0 spiro atoms. The Morgan fingerprint density at radius 2 is 2.11 bits per heavy atom. The van der Waals surface area contributed by atoms with E-state index in [1.54, 1.807) is 12.4 Å². The van der Waals surface area contributed by atoms with Gasteiger partial charge >= 0.3 is 0 Å². The topological polar surface area (TPSA) is 47.0 Å². The van der Waals surface area contributed by atoms with Crippen molar-refractivity contribution in [1.82, 2.24) is 15.3 Å². The predicted octanol–water partition coefficient (Wildman–Crippen LogP) is 3.08. The molecule has 2 aromatic rings. The molecule has 0 atom stereocenters. The maximum Gasteiger partial charge on any atom is 0.219 e. The van der Waals surface area contributed by atoms with Gasteiger partial charge in [-0.1, -0.05) is 19.9 Å². The molecule has 100 valence electrons. The molecule has 0 unspecified atom stereocenters. The van der Waals surface area contributed by atoms with E-state index in [2.05, 4.69) is 29.1 Å². The second-order valence-corrected chi connectivity index (χ2v) is 4.72. The number of hydrogen-bond donors (Lipinski definition) is 1. The summed E-state index contributed by atoms with van der Waals surface area (Å²) in [6.45, 7) is 7.07. The largest absolute Gasteiger partial charge is 0.437 e. The van der Waals surface area contributed by atoms with Gasteiger partial charge < -0.3 is 10.1 Å². The molecule has 2 heterocycles. The second kappa shape index (κ2) is 6.29. The van der Waals surface area contributed by atoms with Crippen LogP contribution in [-0.2, 0) is 6.54 Å². The van der Waals surface area contributed by atoms with E-state index in [-0.39, 0.29) is 0 Å². The summed E-state index contributed by atoms with van der Waals surface area (Å²) in [5.74, 6) is 1.29. The van der Waals surface area contributed by atoms with E-state index in [1.807, 2.05) is 31.2 Å². The molecule has 0 bridgehead atoms. The Kier molecular flexibility index (Phi) is 4.47. The summed E-state index contributed by atoms with van der Waals surface area (Å²) in [7, 11) is 0. The molecule has 0 aliphatic heterocycles. The minimum atomic E-state index is 0.464. The van der Waals surface area contributed by atoms with Crippen LogP contribution < -0.4 is 10.1 Å². The number of rotatable bonds is 5. The van der Waals surface area contributed by atoms with Gasteiger partial charge in [-0.15, -0.1) is 0 Å². The van der Waals surface area contributed by atoms with Gasteiger partial charge in [0.2, 0.25) is 5.88 Å². The molecule has 1 N–H and O–H groups in total. The van der Waals surface area contributed by atoms with Gasteiger partial charge in [0.15, 0.2) is 0 Å². The third-order valence-corrected chi connectivity index (χ3v) is 2.73. The standard InChI is InChI=1S/C15H19N3O/c1-11(2)17-9-13-6-7-15(18-12(13)3)19-14-5-4-8-16-10-14/h4-8,10-11,17H,9H2,1-3H3. The maximum absolute atomic E-state index is 5.65. The number of hydrogen-bond acceptors (Lipinski definition) is 4. The summed E-state index contributed by atoms with van der Waals surface area (Å²) >= 11 is 0.